The average Bonchev–Trinajstić information content (AvgIpc) is 3.21. The number of alkyl halides is 3. The monoisotopic (exact) mass is 505 g/mol. The van der Waals surface area contributed by atoms with Crippen molar-refractivity contribution in [1.29, 1.82) is 0 Å². The molecule has 2 aliphatic rings. The fraction of sp³-hybridized carbons (Fsp3) is 0.417. The van der Waals surface area contributed by atoms with Gasteiger partial charge in [0.15, 0.2) is 11.6 Å². The van der Waals surface area contributed by atoms with E-state index < -0.39 is 28.7 Å². The molecule has 0 saturated carbocycles. The lowest BCUT2D eigenvalue weighted by molar-refractivity contribution is -0.137. The van der Waals surface area contributed by atoms with E-state index in [2.05, 4.69) is 15.2 Å². The molecule has 0 N–H and O–H groups in total. The highest BCUT2D eigenvalue weighted by molar-refractivity contribution is 6.34. The number of hydrogen-bond acceptors (Lipinski definition) is 5. The topological polar surface area (TPSA) is 73.1 Å². The molecular weight excluding hydrogens is 483 g/mol. The highest BCUT2D eigenvalue weighted by Crippen LogP contribution is 2.43. The first kappa shape index (κ1) is 23.6. The third kappa shape index (κ3) is 4.24. The molecule has 2 atom stereocenters. The first-order valence-corrected chi connectivity index (χ1v) is 11.8. The molecule has 2 aromatic heterocycles. The highest BCUT2D eigenvalue weighted by Gasteiger charge is 2.44. The molecule has 0 spiro atoms. The molecule has 3 aromatic rings. The van der Waals surface area contributed by atoms with Crippen molar-refractivity contribution in [3.63, 3.8) is 0 Å². The van der Waals surface area contributed by atoms with Crippen LogP contribution in [0.2, 0.25) is 5.02 Å². The summed E-state index contributed by atoms with van der Waals surface area (Å²) in [5.41, 5.74) is -0.584. The molecule has 0 radical (unpaired) electrons. The van der Waals surface area contributed by atoms with Crippen LogP contribution < -0.4 is 4.74 Å². The smallest absolute Gasteiger partial charge is 0.417 e. The molecule has 5 rings (SSSR count). The summed E-state index contributed by atoms with van der Waals surface area (Å²) < 4.78 is 47.9. The zero-order valence-corrected chi connectivity index (χ0v) is 19.8. The number of hydrogen-bond donors (Lipinski definition) is 0. The second-order valence-corrected chi connectivity index (χ2v) is 9.39. The Hall–Kier alpha value is -3.14. The van der Waals surface area contributed by atoms with Crippen LogP contribution in [0.4, 0.5) is 13.2 Å². The van der Waals surface area contributed by atoms with Gasteiger partial charge in [-0.3, -0.25) is 9.78 Å². The minimum absolute atomic E-state index is 0.000774. The number of benzene rings is 1. The Morgan fingerprint density at radius 1 is 1.20 bits per heavy atom. The number of aromatic nitrogens is 4. The Labute approximate surface area is 204 Å². The Morgan fingerprint density at radius 2 is 2.00 bits per heavy atom. The maximum Gasteiger partial charge on any atom is 0.417 e. The standard InChI is InChI=1S/C24H23ClF3N5O2/c1-13(2)35-15-9-10-29-18(11-15)21-30-31-22-19-8-3-5-14(12-32(21)22)33(19)23(34)16-6-4-7-17(20(16)25)24(26,27)28/h4,6-7,9-11,13-14,19H,3,5,8,12H2,1-2H3. The molecule has 2 aliphatic heterocycles. The quantitative estimate of drug-likeness (QED) is 0.465. The molecule has 1 aromatic carbocycles. The molecule has 1 saturated heterocycles. The van der Waals surface area contributed by atoms with Gasteiger partial charge < -0.3 is 14.2 Å². The number of ether oxygens (including phenoxy) is 1. The zero-order valence-electron chi connectivity index (χ0n) is 19.1. The summed E-state index contributed by atoms with van der Waals surface area (Å²) in [4.78, 5) is 19.6. The SMILES string of the molecule is CC(C)Oc1ccnc(-c2nnc3n2CC2CCCC3N2C(=O)c2cccc(C(F)(F)F)c2Cl)c1. The number of piperidine rings is 1. The van der Waals surface area contributed by atoms with E-state index in [-0.39, 0.29) is 17.7 Å². The van der Waals surface area contributed by atoms with E-state index in [1.165, 1.54) is 12.1 Å². The number of fused-ring (bicyclic) bond motifs is 4. The largest absolute Gasteiger partial charge is 0.491 e. The van der Waals surface area contributed by atoms with Crippen LogP contribution >= 0.6 is 11.6 Å². The predicted octanol–water partition coefficient (Wildman–Crippen LogP) is 5.55. The molecule has 4 heterocycles. The van der Waals surface area contributed by atoms with Gasteiger partial charge in [0.2, 0.25) is 0 Å². The lowest BCUT2D eigenvalue weighted by Crippen LogP contribution is -2.52. The Kier molecular flexibility index (Phi) is 5.94. The summed E-state index contributed by atoms with van der Waals surface area (Å²) in [7, 11) is 0. The summed E-state index contributed by atoms with van der Waals surface area (Å²) in [6, 6.07) is 6.34. The van der Waals surface area contributed by atoms with Crippen LogP contribution in [0.1, 0.15) is 60.9 Å². The number of pyridine rings is 1. The van der Waals surface area contributed by atoms with Crippen molar-refractivity contribution in [3.05, 3.63) is 58.5 Å². The highest BCUT2D eigenvalue weighted by atomic mass is 35.5. The maximum absolute atomic E-state index is 13.5. The normalized spacial score (nSPS) is 19.6. The third-order valence-electron chi connectivity index (χ3n) is 6.32. The van der Waals surface area contributed by atoms with E-state index in [0.717, 1.165) is 12.5 Å². The average molecular weight is 506 g/mol. The molecular formula is C24H23ClF3N5O2. The fourth-order valence-electron chi connectivity index (χ4n) is 4.90. The van der Waals surface area contributed by atoms with Gasteiger partial charge in [-0.15, -0.1) is 10.2 Å². The second-order valence-electron chi connectivity index (χ2n) is 9.01. The molecule has 7 nitrogen and oxygen atoms in total. The summed E-state index contributed by atoms with van der Waals surface area (Å²) >= 11 is 6.08. The van der Waals surface area contributed by atoms with E-state index in [0.29, 0.717) is 42.5 Å². The minimum Gasteiger partial charge on any atom is -0.491 e. The fourth-order valence-corrected chi connectivity index (χ4v) is 5.21. The van der Waals surface area contributed by atoms with Crippen molar-refractivity contribution < 1.29 is 22.7 Å². The molecule has 11 heteroatoms. The van der Waals surface area contributed by atoms with Gasteiger partial charge >= 0.3 is 6.18 Å². The molecule has 184 valence electrons. The van der Waals surface area contributed by atoms with E-state index in [1.54, 1.807) is 23.2 Å². The predicted molar refractivity (Wildman–Crippen MR) is 122 cm³/mol. The van der Waals surface area contributed by atoms with Crippen molar-refractivity contribution in [2.24, 2.45) is 0 Å². The van der Waals surface area contributed by atoms with Crippen LogP contribution in [-0.4, -0.2) is 42.7 Å². The van der Waals surface area contributed by atoms with E-state index in [1.807, 2.05) is 18.4 Å². The van der Waals surface area contributed by atoms with Gasteiger partial charge in [0, 0.05) is 18.8 Å². The van der Waals surface area contributed by atoms with Gasteiger partial charge in [0.25, 0.3) is 5.91 Å². The van der Waals surface area contributed by atoms with Crippen LogP contribution in [0.25, 0.3) is 11.5 Å². The molecule has 1 fully saturated rings. The van der Waals surface area contributed by atoms with Gasteiger partial charge in [0.05, 0.1) is 34.3 Å². The molecule has 2 unspecified atom stereocenters. The van der Waals surface area contributed by atoms with Crippen molar-refractivity contribution in [3.8, 4) is 17.3 Å². The van der Waals surface area contributed by atoms with Gasteiger partial charge in [-0.2, -0.15) is 13.2 Å². The van der Waals surface area contributed by atoms with Gasteiger partial charge in [0.1, 0.15) is 11.4 Å². The Balaban J connectivity index is 1.51. The van der Waals surface area contributed by atoms with E-state index in [9.17, 15) is 18.0 Å². The van der Waals surface area contributed by atoms with E-state index in [4.69, 9.17) is 16.3 Å². The number of carbonyl (C=O) groups is 1. The van der Waals surface area contributed by atoms with Crippen LogP contribution in [0.15, 0.2) is 36.5 Å². The molecule has 0 aliphatic carbocycles. The molecule has 35 heavy (non-hydrogen) atoms. The first-order chi connectivity index (χ1) is 16.6. The van der Waals surface area contributed by atoms with Crippen molar-refractivity contribution >= 4 is 17.5 Å². The van der Waals surface area contributed by atoms with E-state index >= 15 is 0 Å². The van der Waals surface area contributed by atoms with Crippen LogP contribution in [0, 0.1) is 0 Å². The lowest BCUT2D eigenvalue weighted by Gasteiger charge is -2.45. The molecule has 1 amide bonds. The van der Waals surface area contributed by atoms with Gasteiger partial charge in [-0.1, -0.05) is 17.7 Å². The summed E-state index contributed by atoms with van der Waals surface area (Å²) in [6.07, 6.45) is -0.807. The zero-order chi connectivity index (χ0) is 24.9. The third-order valence-corrected chi connectivity index (χ3v) is 6.72. The summed E-state index contributed by atoms with van der Waals surface area (Å²) in [5, 5.41) is 8.15. The second kappa shape index (κ2) is 8.82. The minimum atomic E-state index is -4.65. The van der Waals surface area contributed by atoms with Gasteiger partial charge in [-0.05, 0) is 51.3 Å². The number of rotatable bonds is 4. The lowest BCUT2D eigenvalue weighted by atomic mass is 9.90. The summed E-state index contributed by atoms with van der Waals surface area (Å²) in [6.45, 7) is 4.28. The van der Waals surface area contributed by atoms with Crippen molar-refractivity contribution in [2.45, 2.75) is 64.0 Å². The van der Waals surface area contributed by atoms with Crippen molar-refractivity contribution in [1.82, 2.24) is 24.6 Å². The van der Waals surface area contributed by atoms with Gasteiger partial charge in [-0.25, -0.2) is 0 Å². The Morgan fingerprint density at radius 3 is 2.74 bits per heavy atom. The van der Waals surface area contributed by atoms with Crippen molar-refractivity contribution in [2.75, 3.05) is 0 Å². The van der Waals surface area contributed by atoms with Crippen LogP contribution in [0.5, 0.6) is 5.75 Å². The maximum atomic E-state index is 13.5. The van der Waals surface area contributed by atoms with Crippen LogP contribution in [0.3, 0.4) is 0 Å². The number of nitrogens with zero attached hydrogens (tertiary/aromatic N) is 5. The first-order valence-electron chi connectivity index (χ1n) is 11.4. The summed E-state index contributed by atoms with van der Waals surface area (Å²) in [5.74, 6) is 1.28. The number of halogens is 4. The Bertz CT molecular complexity index is 1280. The molecule has 2 bridgehead atoms. The number of carbonyl (C=O) groups excluding carboxylic acids is 1. The number of amides is 1. The van der Waals surface area contributed by atoms with Crippen LogP contribution in [-0.2, 0) is 12.7 Å².